The standard InChI is InChI=1S/C38H53N4O5/c1-37-14-13-29-27(28(37)11-12-34(37)44)10-9-26-21-33(43)32(22-38(26,29)2)42(47)18-16-40(17-19-42)36(46)31-8-5-15-41(31)35(45)25-20-24-6-3-4-7-30(24)39-23-25/h3-4,6-7,20,23,26-29,31-34,43-44,47H,5,8-19,21-22H2,1-2H3/q+1/t26?,27?,28?,29?,31-,32-,33-,34-,37-,38-/m0/s1. The van der Waals surface area contributed by atoms with E-state index < -0.39 is 12.1 Å². The number of pyridine rings is 1. The number of quaternary nitrogens is 1. The molecule has 3 N–H and O–H groups in total. The zero-order valence-electron chi connectivity index (χ0n) is 28.1. The van der Waals surface area contributed by atoms with Gasteiger partial charge in [0.05, 0.1) is 30.3 Å². The zero-order valence-corrected chi connectivity index (χ0v) is 28.1. The fourth-order valence-electron chi connectivity index (χ4n) is 11.9. The Bertz CT molecular complexity index is 1540. The molecule has 0 radical (unpaired) electrons. The third-order valence-electron chi connectivity index (χ3n) is 14.7. The van der Waals surface area contributed by atoms with E-state index in [9.17, 15) is 25.0 Å². The molecule has 4 unspecified atom stereocenters. The van der Waals surface area contributed by atoms with Gasteiger partial charge in [-0.05, 0) is 104 Å². The molecule has 3 heterocycles. The molecule has 0 bridgehead atoms. The highest BCUT2D eigenvalue weighted by Gasteiger charge is 2.63. The highest BCUT2D eigenvalue weighted by atomic mass is 16.6. The molecule has 254 valence electrons. The van der Waals surface area contributed by atoms with E-state index in [1.807, 2.05) is 35.2 Å². The number of piperazine rings is 1. The molecule has 47 heavy (non-hydrogen) atoms. The summed E-state index contributed by atoms with van der Waals surface area (Å²) < 4.78 is -0.180. The second-order valence-electron chi connectivity index (χ2n) is 16.7. The van der Waals surface area contributed by atoms with E-state index in [1.54, 1.807) is 11.1 Å². The van der Waals surface area contributed by atoms with Crippen LogP contribution in [-0.2, 0) is 4.79 Å². The van der Waals surface area contributed by atoms with Crippen LogP contribution >= 0.6 is 0 Å². The van der Waals surface area contributed by atoms with E-state index in [1.165, 1.54) is 6.42 Å². The first-order valence-electron chi connectivity index (χ1n) is 18.4. The van der Waals surface area contributed by atoms with Crippen molar-refractivity contribution in [1.29, 1.82) is 0 Å². The second kappa shape index (κ2) is 11.5. The van der Waals surface area contributed by atoms with Crippen molar-refractivity contribution in [3.05, 3.63) is 42.1 Å². The van der Waals surface area contributed by atoms with Crippen LogP contribution in [0.2, 0.25) is 0 Å². The zero-order chi connectivity index (χ0) is 32.7. The van der Waals surface area contributed by atoms with Gasteiger partial charge in [-0.25, -0.2) is 5.21 Å². The number of fused-ring (bicyclic) bond motifs is 6. The molecule has 1 aromatic carbocycles. The van der Waals surface area contributed by atoms with E-state index in [0.717, 1.165) is 62.3 Å². The predicted molar refractivity (Wildman–Crippen MR) is 177 cm³/mol. The summed E-state index contributed by atoms with van der Waals surface area (Å²) in [5, 5.41) is 35.5. The van der Waals surface area contributed by atoms with Crippen LogP contribution in [0.25, 0.3) is 10.9 Å². The maximum Gasteiger partial charge on any atom is 0.256 e. The van der Waals surface area contributed by atoms with Gasteiger partial charge in [-0.2, -0.15) is 4.65 Å². The van der Waals surface area contributed by atoms with Crippen molar-refractivity contribution >= 4 is 22.7 Å². The third-order valence-corrected chi connectivity index (χ3v) is 14.7. The van der Waals surface area contributed by atoms with Crippen LogP contribution in [0, 0.1) is 34.5 Å². The molecular weight excluding hydrogens is 592 g/mol. The number of carbonyl (C=O) groups excluding carboxylic acids is 2. The Hall–Kier alpha value is -2.59. The summed E-state index contributed by atoms with van der Waals surface area (Å²) in [5.41, 5.74) is 1.44. The number of aliphatic hydroxyl groups is 2. The number of hydroxylamine groups is 3. The number of rotatable bonds is 3. The Morgan fingerprint density at radius 1 is 0.936 bits per heavy atom. The number of hydrogen-bond donors (Lipinski definition) is 3. The number of likely N-dealkylation sites (tertiary alicyclic amines) is 1. The van der Waals surface area contributed by atoms with E-state index in [4.69, 9.17) is 0 Å². The molecule has 2 aliphatic heterocycles. The highest BCUT2D eigenvalue weighted by molar-refractivity contribution is 6.00. The number of hydrogen-bond acceptors (Lipinski definition) is 6. The van der Waals surface area contributed by atoms with Crippen LogP contribution in [0.15, 0.2) is 36.5 Å². The van der Waals surface area contributed by atoms with Crippen molar-refractivity contribution < 1.29 is 29.7 Å². The average molecular weight is 646 g/mol. The summed E-state index contributed by atoms with van der Waals surface area (Å²) in [6.45, 7) is 6.94. The number of para-hydroxylation sites is 1. The summed E-state index contributed by atoms with van der Waals surface area (Å²) >= 11 is 0. The molecule has 6 fully saturated rings. The topological polar surface area (TPSA) is 114 Å². The average Bonchev–Trinajstić information content (AvgIpc) is 3.68. The lowest BCUT2D eigenvalue weighted by atomic mass is 9.44. The van der Waals surface area contributed by atoms with Gasteiger partial charge in [-0.3, -0.25) is 14.6 Å². The van der Waals surface area contributed by atoms with E-state index in [2.05, 4.69) is 18.8 Å². The first-order chi connectivity index (χ1) is 22.5. The summed E-state index contributed by atoms with van der Waals surface area (Å²) in [5.74, 6) is 2.03. The van der Waals surface area contributed by atoms with Crippen LogP contribution in [0.1, 0.15) is 88.4 Å². The number of benzene rings is 1. The molecule has 2 saturated heterocycles. The quantitative estimate of drug-likeness (QED) is 0.420. The van der Waals surface area contributed by atoms with Crippen LogP contribution in [0.4, 0.5) is 0 Å². The van der Waals surface area contributed by atoms with Gasteiger partial charge in [0.15, 0.2) is 0 Å². The van der Waals surface area contributed by atoms with Crippen molar-refractivity contribution in [2.24, 2.45) is 34.5 Å². The molecule has 0 spiro atoms. The lowest BCUT2D eigenvalue weighted by molar-refractivity contribution is -1.12. The van der Waals surface area contributed by atoms with Crippen molar-refractivity contribution in [1.82, 2.24) is 14.8 Å². The molecule has 8 rings (SSSR count). The van der Waals surface area contributed by atoms with Gasteiger partial charge in [0.2, 0.25) is 5.91 Å². The number of aliphatic hydroxyl groups excluding tert-OH is 2. The Balaban J connectivity index is 0.944. The number of carbonyl (C=O) groups is 2. The van der Waals surface area contributed by atoms with Crippen molar-refractivity contribution in [3.63, 3.8) is 0 Å². The minimum Gasteiger partial charge on any atom is -0.393 e. The number of aromatic nitrogens is 1. The first-order valence-corrected chi connectivity index (χ1v) is 18.4. The fourth-order valence-corrected chi connectivity index (χ4v) is 11.9. The summed E-state index contributed by atoms with van der Waals surface area (Å²) in [6.07, 6.45) is 10.4. The van der Waals surface area contributed by atoms with Gasteiger partial charge in [-0.15, -0.1) is 0 Å². The predicted octanol–water partition coefficient (Wildman–Crippen LogP) is 4.63. The molecule has 9 heteroatoms. The Labute approximate surface area is 278 Å². The molecule has 10 atom stereocenters. The van der Waals surface area contributed by atoms with Crippen molar-refractivity contribution in [2.75, 3.05) is 32.7 Å². The SMILES string of the molecule is C[C@]12C[C@H]([N+]3(O)CCN(C(=O)[C@@H]4CCCN4C(=O)c4cnc5ccccc5c4)CC3)[C@@H](O)CC1CCC1C2CC[C@@]2(C)C1CC[C@@H]2O. The lowest BCUT2D eigenvalue weighted by Gasteiger charge is -2.62. The lowest BCUT2D eigenvalue weighted by Crippen LogP contribution is -2.70. The largest absolute Gasteiger partial charge is 0.393 e. The van der Waals surface area contributed by atoms with Gasteiger partial charge >= 0.3 is 0 Å². The molecule has 1 aromatic heterocycles. The Kier molecular flexibility index (Phi) is 7.75. The van der Waals surface area contributed by atoms with Crippen LogP contribution in [-0.4, -0.2) is 104 Å². The molecule has 4 saturated carbocycles. The second-order valence-corrected chi connectivity index (χ2v) is 16.7. The fraction of sp³-hybridized carbons (Fsp3) is 0.711. The molecule has 2 aromatic rings. The monoisotopic (exact) mass is 645 g/mol. The van der Waals surface area contributed by atoms with E-state index in [-0.39, 0.29) is 39.4 Å². The van der Waals surface area contributed by atoms with Crippen molar-refractivity contribution in [3.8, 4) is 0 Å². The first kappa shape index (κ1) is 31.7. The Morgan fingerprint density at radius 2 is 1.70 bits per heavy atom. The van der Waals surface area contributed by atoms with Gasteiger partial charge in [0.1, 0.15) is 31.3 Å². The summed E-state index contributed by atoms with van der Waals surface area (Å²) in [4.78, 5) is 35.5. The molecule has 4 aliphatic carbocycles. The van der Waals surface area contributed by atoms with Gasteiger partial charge in [0, 0.05) is 24.5 Å². The minimum atomic E-state index is -0.558. The third kappa shape index (κ3) is 4.97. The van der Waals surface area contributed by atoms with E-state index in [0.29, 0.717) is 68.4 Å². The van der Waals surface area contributed by atoms with E-state index >= 15 is 0 Å². The number of nitrogens with zero attached hydrogens (tertiary/aromatic N) is 4. The summed E-state index contributed by atoms with van der Waals surface area (Å²) in [7, 11) is 0. The molecule has 9 nitrogen and oxygen atoms in total. The molecule has 6 aliphatic rings. The van der Waals surface area contributed by atoms with Crippen LogP contribution in [0.3, 0.4) is 0 Å². The number of amides is 2. The Morgan fingerprint density at radius 3 is 2.51 bits per heavy atom. The van der Waals surface area contributed by atoms with Crippen molar-refractivity contribution in [2.45, 2.75) is 102 Å². The summed E-state index contributed by atoms with van der Waals surface area (Å²) in [6, 6.07) is 8.82. The van der Waals surface area contributed by atoms with Crippen LogP contribution < -0.4 is 0 Å². The smallest absolute Gasteiger partial charge is 0.256 e. The maximum atomic E-state index is 13.9. The molecular formula is C38H53N4O5+. The van der Waals surface area contributed by atoms with Gasteiger partial charge < -0.3 is 20.0 Å². The highest BCUT2D eigenvalue weighted by Crippen LogP contribution is 2.66. The van der Waals surface area contributed by atoms with Crippen LogP contribution in [0.5, 0.6) is 0 Å². The minimum absolute atomic E-state index is 0.0359. The van der Waals surface area contributed by atoms with Gasteiger partial charge in [-0.1, -0.05) is 32.0 Å². The molecule has 2 amide bonds. The normalized spacial score (nSPS) is 41.3. The maximum absolute atomic E-state index is 13.9. The van der Waals surface area contributed by atoms with Gasteiger partial charge in [0.25, 0.3) is 5.91 Å².